The Morgan fingerprint density at radius 3 is 2.88 bits per heavy atom. The molecule has 1 aliphatic rings. The Bertz CT molecular complexity index is 291. The van der Waals surface area contributed by atoms with Gasteiger partial charge in [-0.1, -0.05) is 0 Å². The maximum Gasteiger partial charge on any atom is 0.511 e. The van der Waals surface area contributed by atoms with E-state index in [0.29, 0.717) is 0 Å². The Morgan fingerprint density at radius 1 is 1.71 bits per heavy atom. The number of hydrogen-bond acceptors (Lipinski definition) is 7. The van der Waals surface area contributed by atoms with Crippen molar-refractivity contribution in [3.8, 4) is 0 Å². The first-order chi connectivity index (χ1) is 8.02. The number of carbonyl (C=O) groups is 1. The summed E-state index contributed by atoms with van der Waals surface area (Å²) in [7, 11) is 0. The highest BCUT2D eigenvalue weighted by molar-refractivity contribution is 5.59. The van der Waals surface area contributed by atoms with Crippen LogP contribution in [0.25, 0.3) is 0 Å². The SMILES string of the molecule is CCOC(=O)OC(C)ON=[N+]([O-])N1CC(O)C1. The van der Waals surface area contributed by atoms with E-state index >= 15 is 0 Å². The molecule has 0 spiro atoms. The van der Waals surface area contributed by atoms with Crippen molar-refractivity contribution in [2.75, 3.05) is 19.7 Å². The summed E-state index contributed by atoms with van der Waals surface area (Å²) < 4.78 is 9.08. The third-order valence-corrected chi connectivity index (χ3v) is 1.87. The Kier molecular flexibility index (Phi) is 4.76. The minimum absolute atomic E-state index is 0.183. The lowest BCUT2D eigenvalue weighted by molar-refractivity contribution is -0.728. The van der Waals surface area contributed by atoms with Gasteiger partial charge in [-0.05, 0) is 6.92 Å². The molecule has 98 valence electrons. The summed E-state index contributed by atoms with van der Waals surface area (Å²) in [6.07, 6.45) is -2.45. The molecule has 0 aliphatic carbocycles. The zero-order valence-corrected chi connectivity index (χ0v) is 9.61. The van der Waals surface area contributed by atoms with Crippen LogP contribution in [0.2, 0.25) is 0 Å². The number of hydrazine groups is 1. The van der Waals surface area contributed by atoms with Gasteiger partial charge in [-0.15, -0.1) is 5.01 Å². The van der Waals surface area contributed by atoms with Crippen LogP contribution in [-0.4, -0.2) is 53.3 Å². The molecule has 1 heterocycles. The molecular weight excluding hydrogens is 234 g/mol. The molecule has 1 saturated heterocycles. The number of ether oxygens (including phenoxy) is 2. The lowest BCUT2D eigenvalue weighted by atomic mass is 10.2. The Labute approximate surface area is 97.7 Å². The molecule has 0 bridgehead atoms. The summed E-state index contributed by atoms with van der Waals surface area (Å²) >= 11 is 0. The van der Waals surface area contributed by atoms with Gasteiger partial charge in [-0.3, -0.25) is 4.84 Å². The third-order valence-electron chi connectivity index (χ3n) is 1.87. The van der Waals surface area contributed by atoms with Crippen molar-refractivity contribution >= 4 is 6.16 Å². The van der Waals surface area contributed by atoms with Crippen molar-refractivity contribution in [3.63, 3.8) is 0 Å². The van der Waals surface area contributed by atoms with E-state index in [1.54, 1.807) is 6.92 Å². The van der Waals surface area contributed by atoms with Gasteiger partial charge in [0.05, 0.1) is 11.6 Å². The molecule has 1 fully saturated rings. The fourth-order valence-electron chi connectivity index (χ4n) is 1.04. The average molecular weight is 249 g/mol. The molecule has 1 unspecified atom stereocenters. The highest BCUT2D eigenvalue weighted by Crippen LogP contribution is 2.07. The molecule has 17 heavy (non-hydrogen) atoms. The van der Waals surface area contributed by atoms with Crippen molar-refractivity contribution in [1.82, 2.24) is 5.01 Å². The molecule has 9 nitrogen and oxygen atoms in total. The number of aliphatic hydroxyl groups excluding tert-OH is 1. The molecule has 0 radical (unpaired) electrons. The summed E-state index contributed by atoms with van der Waals surface area (Å²) in [5, 5.41) is 24.5. The molecule has 1 aliphatic heterocycles. The monoisotopic (exact) mass is 249 g/mol. The summed E-state index contributed by atoms with van der Waals surface area (Å²) in [4.78, 5) is 15.6. The Morgan fingerprint density at radius 2 is 2.35 bits per heavy atom. The smallest absolute Gasteiger partial charge is 0.511 e. The van der Waals surface area contributed by atoms with Gasteiger partial charge in [-0.25, -0.2) is 4.79 Å². The molecule has 9 heteroatoms. The van der Waals surface area contributed by atoms with Crippen molar-refractivity contribution in [1.29, 1.82) is 0 Å². The van der Waals surface area contributed by atoms with E-state index in [1.165, 1.54) is 11.9 Å². The predicted molar refractivity (Wildman–Crippen MR) is 52.3 cm³/mol. The Balaban J connectivity index is 2.24. The van der Waals surface area contributed by atoms with Gasteiger partial charge in [0.25, 0.3) is 6.29 Å². The maximum absolute atomic E-state index is 11.2. The van der Waals surface area contributed by atoms with Gasteiger partial charge in [-0.2, -0.15) is 0 Å². The number of aliphatic hydroxyl groups is 1. The summed E-state index contributed by atoms with van der Waals surface area (Å²) in [5.41, 5.74) is 0. The third kappa shape index (κ3) is 4.31. The molecule has 0 aromatic carbocycles. The predicted octanol–water partition coefficient (Wildman–Crippen LogP) is -0.00890. The van der Waals surface area contributed by atoms with Gasteiger partial charge in [0, 0.05) is 6.92 Å². The number of nitrogens with zero attached hydrogens (tertiary/aromatic N) is 3. The lowest BCUT2D eigenvalue weighted by Gasteiger charge is -2.30. The van der Waals surface area contributed by atoms with E-state index in [9.17, 15) is 10.0 Å². The average Bonchev–Trinajstić information content (AvgIpc) is 2.22. The van der Waals surface area contributed by atoms with Crippen molar-refractivity contribution < 1.29 is 29.2 Å². The molecule has 0 saturated carbocycles. The summed E-state index contributed by atoms with van der Waals surface area (Å²) in [5.74, 6) is 0. The van der Waals surface area contributed by atoms with Crippen molar-refractivity contribution in [2.45, 2.75) is 26.2 Å². The number of β-amino-alcohol motifs (C(OH)–C–C–N with tert-alkyl or cyclic N) is 1. The van der Waals surface area contributed by atoms with E-state index < -0.39 is 18.5 Å². The fourth-order valence-corrected chi connectivity index (χ4v) is 1.04. The van der Waals surface area contributed by atoms with Crippen molar-refractivity contribution in [3.05, 3.63) is 5.21 Å². The van der Waals surface area contributed by atoms with Gasteiger partial charge in [0.1, 0.15) is 19.2 Å². The first kappa shape index (κ1) is 13.3. The van der Waals surface area contributed by atoms with Crippen LogP contribution in [-0.2, 0) is 14.3 Å². The second-order valence-corrected chi connectivity index (χ2v) is 3.33. The zero-order chi connectivity index (χ0) is 12.8. The minimum atomic E-state index is -1.03. The number of carbonyl (C=O) groups excluding carboxylic acids is 1. The largest absolute Gasteiger partial charge is 0.569 e. The first-order valence-corrected chi connectivity index (χ1v) is 5.13. The van der Waals surface area contributed by atoms with Crippen LogP contribution in [0.1, 0.15) is 13.8 Å². The van der Waals surface area contributed by atoms with Crippen LogP contribution in [0.5, 0.6) is 0 Å². The molecule has 0 aromatic rings. The van der Waals surface area contributed by atoms with Crippen molar-refractivity contribution in [2.24, 2.45) is 5.28 Å². The minimum Gasteiger partial charge on any atom is -0.569 e. The summed E-state index contributed by atoms with van der Waals surface area (Å²) in [6, 6.07) is 0. The highest BCUT2D eigenvalue weighted by Gasteiger charge is 2.31. The molecule has 1 atom stereocenters. The van der Waals surface area contributed by atoms with E-state index in [-0.39, 0.29) is 24.7 Å². The van der Waals surface area contributed by atoms with Gasteiger partial charge >= 0.3 is 6.16 Å². The maximum atomic E-state index is 11.2. The normalized spacial score (nSPS) is 18.3. The van der Waals surface area contributed by atoms with E-state index in [4.69, 9.17) is 5.11 Å². The number of hydrogen-bond donors (Lipinski definition) is 1. The second-order valence-electron chi connectivity index (χ2n) is 3.33. The highest BCUT2D eigenvalue weighted by atomic mass is 16.8. The van der Waals surface area contributed by atoms with Gasteiger partial charge in [0.2, 0.25) is 5.28 Å². The van der Waals surface area contributed by atoms with E-state index in [2.05, 4.69) is 19.6 Å². The standard InChI is InChI=1S/C8H15N3O6/c1-3-15-8(13)16-6(2)17-9-11(14)10-4-7(12)5-10/h6-7,12H,3-5H2,1-2H3. The molecule has 0 amide bonds. The molecule has 1 N–H and O–H groups in total. The quantitative estimate of drug-likeness (QED) is 0.240. The van der Waals surface area contributed by atoms with Crippen LogP contribution in [0.15, 0.2) is 5.28 Å². The van der Waals surface area contributed by atoms with Gasteiger partial charge in [0.15, 0.2) is 0 Å². The zero-order valence-electron chi connectivity index (χ0n) is 9.61. The van der Waals surface area contributed by atoms with E-state index in [0.717, 1.165) is 0 Å². The van der Waals surface area contributed by atoms with Gasteiger partial charge < -0.3 is 19.8 Å². The lowest BCUT2D eigenvalue weighted by Crippen LogP contribution is -2.53. The topological polar surface area (TPSA) is 107 Å². The molecule has 0 aromatic heterocycles. The van der Waals surface area contributed by atoms with Crippen LogP contribution < -0.4 is 0 Å². The van der Waals surface area contributed by atoms with Crippen LogP contribution in [0, 0.1) is 5.21 Å². The first-order valence-electron chi connectivity index (χ1n) is 5.13. The Hall–Kier alpha value is -1.77. The van der Waals surface area contributed by atoms with Crippen LogP contribution in [0.4, 0.5) is 4.79 Å². The fraction of sp³-hybridized carbons (Fsp3) is 0.875. The number of rotatable bonds is 5. The van der Waals surface area contributed by atoms with E-state index in [1.807, 2.05) is 0 Å². The van der Waals surface area contributed by atoms with Crippen LogP contribution >= 0.6 is 0 Å². The second kappa shape index (κ2) is 6.09. The van der Waals surface area contributed by atoms with Crippen LogP contribution in [0.3, 0.4) is 0 Å². The summed E-state index contributed by atoms with van der Waals surface area (Å²) in [6.45, 7) is 3.60. The molecular formula is C8H15N3O6. The molecule has 1 rings (SSSR count).